The van der Waals surface area contributed by atoms with E-state index in [-0.39, 0.29) is 11.1 Å². The molecular weight excluding hydrogens is 253 g/mol. The molecule has 0 saturated carbocycles. The second-order valence-corrected chi connectivity index (χ2v) is 5.03. The minimum atomic E-state index is -0.407. The van der Waals surface area contributed by atoms with Gasteiger partial charge in [-0.15, -0.1) is 0 Å². The molecule has 1 aliphatic heterocycles. The second-order valence-electron chi connectivity index (χ2n) is 4.62. The van der Waals surface area contributed by atoms with Crippen LogP contribution in [0.4, 0.5) is 4.39 Å². The third-order valence-electron chi connectivity index (χ3n) is 3.32. The van der Waals surface area contributed by atoms with E-state index < -0.39 is 5.82 Å². The van der Waals surface area contributed by atoms with Gasteiger partial charge in [0.2, 0.25) is 0 Å². The van der Waals surface area contributed by atoms with E-state index in [0.717, 1.165) is 36.3 Å². The van der Waals surface area contributed by atoms with Crippen LogP contribution in [0.15, 0.2) is 24.5 Å². The van der Waals surface area contributed by atoms with Crippen molar-refractivity contribution in [2.75, 3.05) is 0 Å². The molecule has 1 unspecified atom stereocenters. The summed E-state index contributed by atoms with van der Waals surface area (Å²) >= 11 is 5.81. The lowest BCUT2D eigenvalue weighted by Crippen LogP contribution is -2.31. The van der Waals surface area contributed by atoms with E-state index in [2.05, 4.69) is 9.55 Å². The molecule has 1 aromatic carbocycles. The van der Waals surface area contributed by atoms with Crippen LogP contribution in [0, 0.1) is 5.82 Å². The third kappa shape index (κ3) is 1.91. The molecule has 0 amide bonds. The molecule has 0 aliphatic carbocycles. The predicted octanol–water partition coefficient (Wildman–Crippen LogP) is 2.62. The van der Waals surface area contributed by atoms with Crippen LogP contribution in [0.25, 0.3) is 11.3 Å². The van der Waals surface area contributed by atoms with E-state index >= 15 is 0 Å². The number of nitrogens with two attached hydrogens (primary N) is 1. The Morgan fingerprint density at radius 1 is 1.44 bits per heavy atom. The van der Waals surface area contributed by atoms with Crippen molar-refractivity contribution >= 4 is 11.6 Å². The first kappa shape index (κ1) is 11.7. The van der Waals surface area contributed by atoms with Gasteiger partial charge in [0.25, 0.3) is 0 Å². The quantitative estimate of drug-likeness (QED) is 0.861. The van der Waals surface area contributed by atoms with Crippen LogP contribution in [0.3, 0.4) is 0 Å². The molecule has 1 aromatic heterocycles. The van der Waals surface area contributed by atoms with Gasteiger partial charge in [-0.05, 0) is 31.0 Å². The number of nitrogens with zero attached hydrogens (tertiary/aromatic N) is 2. The SMILES string of the molecule is NC1CCc2c(-c3ccc(F)c(Cl)c3)ncn2C1. The number of benzene rings is 1. The summed E-state index contributed by atoms with van der Waals surface area (Å²) in [5.41, 5.74) is 8.81. The van der Waals surface area contributed by atoms with Gasteiger partial charge in [0.05, 0.1) is 17.0 Å². The van der Waals surface area contributed by atoms with Crippen LogP contribution >= 0.6 is 11.6 Å². The fraction of sp³-hybridized carbons (Fsp3) is 0.308. The van der Waals surface area contributed by atoms with Gasteiger partial charge in [0.1, 0.15) is 5.82 Å². The Morgan fingerprint density at radius 2 is 2.28 bits per heavy atom. The Morgan fingerprint density at radius 3 is 3.06 bits per heavy atom. The third-order valence-corrected chi connectivity index (χ3v) is 3.61. The van der Waals surface area contributed by atoms with Crippen LogP contribution in [0.1, 0.15) is 12.1 Å². The Labute approximate surface area is 109 Å². The van der Waals surface area contributed by atoms with Crippen molar-refractivity contribution in [1.29, 1.82) is 0 Å². The summed E-state index contributed by atoms with van der Waals surface area (Å²) in [6.07, 6.45) is 3.64. The molecule has 94 valence electrons. The molecule has 0 fully saturated rings. The fourth-order valence-electron chi connectivity index (χ4n) is 2.38. The molecule has 3 nitrogen and oxygen atoms in total. The summed E-state index contributed by atoms with van der Waals surface area (Å²) in [5, 5.41) is 0.127. The molecule has 5 heteroatoms. The summed E-state index contributed by atoms with van der Waals surface area (Å²) in [7, 11) is 0. The zero-order chi connectivity index (χ0) is 12.7. The highest BCUT2D eigenvalue weighted by Gasteiger charge is 2.20. The zero-order valence-electron chi connectivity index (χ0n) is 9.74. The lowest BCUT2D eigenvalue weighted by atomic mass is 10.0. The molecule has 2 aromatic rings. The Hall–Kier alpha value is -1.39. The molecule has 2 N–H and O–H groups in total. The molecular formula is C13H13ClFN3. The fourth-order valence-corrected chi connectivity index (χ4v) is 2.56. The van der Waals surface area contributed by atoms with Crippen molar-refractivity contribution in [2.24, 2.45) is 5.73 Å². The van der Waals surface area contributed by atoms with Gasteiger partial charge < -0.3 is 10.3 Å². The number of halogens is 2. The van der Waals surface area contributed by atoms with Crippen LogP contribution in [-0.2, 0) is 13.0 Å². The first-order valence-corrected chi connectivity index (χ1v) is 6.28. The summed E-state index contributed by atoms with van der Waals surface area (Å²) in [4.78, 5) is 4.40. The summed E-state index contributed by atoms with van der Waals surface area (Å²) in [6, 6.07) is 4.89. The zero-order valence-corrected chi connectivity index (χ0v) is 10.5. The highest BCUT2D eigenvalue weighted by Crippen LogP contribution is 2.29. The molecule has 0 bridgehead atoms. The average Bonchev–Trinajstić information content (AvgIpc) is 2.75. The number of rotatable bonds is 1. The van der Waals surface area contributed by atoms with Gasteiger partial charge in [-0.2, -0.15) is 0 Å². The average molecular weight is 266 g/mol. The molecule has 0 spiro atoms. The van der Waals surface area contributed by atoms with E-state index in [0.29, 0.717) is 0 Å². The standard InChI is InChI=1S/C13H13ClFN3/c14-10-5-8(1-3-11(10)15)13-12-4-2-9(16)6-18(12)7-17-13/h1,3,5,7,9H,2,4,6,16H2. The summed E-state index contributed by atoms with van der Waals surface area (Å²) < 4.78 is 15.2. The van der Waals surface area contributed by atoms with E-state index in [4.69, 9.17) is 17.3 Å². The number of aromatic nitrogens is 2. The van der Waals surface area contributed by atoms with Gasteiger partial charge >= 0.3 is 0 Å². The lowest BCUT2D eigenvalue weighted by molar-refractivity contribution is 0.461. The topological polar surface area (TPSA) is 43.8 Å². The second kappa shape index (κ2) is 4.37. The number of hydrogen-bond acceptors (Lipinski definition) is 2. The number of hydrogen-bond donors (Lipinski definition) is 1. The van der Waals surface area contributed by atoms with Gasteiger partial charge in [-0.25, -0.2) is 9.37 Å². The van der Waals surface area contributed by atoms with Crippen molar-refractivity contribution in [3.63, 3.8) is 0 Å². The minimum absolute atomic E-state index is 0.127. The highest BCUT2D eigenvalue weighted by atomic mass is 35.5. The van der Waals surface area contributed by atoms with E-state index in [1.807, 2.05) is 0 Å². The van der Waals surface area contributed by atoms with Crippen LogP contribution in [-0.4, -0.2) is 15.6 Å². The molecule has 1 atom stereocenters. The molecule has 18 heavy (non-hydrogen) atoms. The van der Waals surface area contributed by atoms with Crippen molar-refractivity contribution in [2.45, 2.75) is 25.4 Å². The molecule has 0 saturated heterocycles. The van der Waals surface area contributed by atoms with Crippen LogP contribution < -0.4 is 5.73 Å². The van der Waals surface area contributed by atoms with Crippen LogP contribution in [0.5, 0.6) is 0 Å². The van der Waals surface area contributed by atoms with Gasteiger partial charge in [0.15, 0.2) is 0 Å². The maximum atomic E-state index is 13.2. The van der Waals surface area contributed by atoms with Crippen molar-refractivity contribution in [3.05, 3.63) is 41.1 Å². The van der Waals surface area contributed by atoms with Gasteiger partial charge in [0, 0.05) is 23.8 Å². The maximum absolute atomic E-state index is 13.2. The first-order valence-electron chi connectivity index (χ1n) is 5.90. The molecule has 3 rings (SSSR count). The molecule has 1 aliphatic rings. The van der Waals surface area contributed by atoms with Gasteiger partial charge in [-0.3, -0.25) is 0 Å². The smallest absolute Gasteiger partial charge is 0.141 e. The number of fused-ring (bicyclic) bond motifs is 1. The summed E-state index contributed by atoms with van der Waals surface area (Å²) in [5.74, 6) is -0.407. The van der Waals surface area contributed by atoms with E-state index in [1.165, 1.54) is 6.07 Å². The van der Waals surface area contributed by atoms with Crippen molar-refractivity contribution in [1.82, 2.24) is 9.55 Å². The molecule has 0 radical (unpaired) electrons. The summed E-state index contributed by atoms with van der Waals surface area (Å²) in [6.45, 7) is 0.789. The van der Waals surface area contributed by atoms with E-state index in [1.54, 1.807) is 18.5 Å². The minimum Gasteiger partial charge on any atom is -0.332 e. The monoisotopic (exact) mass is 265 g/mol. The predicted molar refractivity (Wildman–Crippen MR) is 68.9 cm³/mol. The Balaban J connectivity index is 2.05. The maximum Gasteiger partial charge on any atom is 0.141 e. The highest BCUT2D eigenvalue weighted by molar-refractivity contribution is 6.31. The number of imidazole rings is 1. The normalized spacial score (nSPS) is 18.7. The largest absolute Gasteiger partial charge is 0.332 e. The van der Waals surface area contributed by atoms with Crippen LogP contribution in [0.2, 0.25) is 5.02 Å². The lowest BCUT2D eigenvalue weighted by Gasteiger charge is -2.21. The van der Waals surface area contributed by atoms with Crippen molar-refractivity contribution < 1.29 is 4.39 Å². The Bertz CT molecular complexity index is 594. The van der Waals surface area contributed by atoms with E-state index in [9.17, 15) is 4.39 Å². The van der Waals surface area contributed by atoms with Gasteiger partial charge in [-0.1, -0.05) is 11.6 Å². The molecule has 2 heterocycles. The van der Waals surface area contributed by atoms with Crippen molar-refractivity contribution in [3.8, 4) is 11.3 Å². The first-order chi connectivity index (χ1) is 8.65. The Kier molecular flexibility index (Phi) is 2.84.